The summed E-state index contributed by atoms with van der Waals surface area (Å²) in [6, 6.07) is 0. The zero-order valence-corrected chi connectivity index (χ0v) is 10.4. The lowest BCUT2D eigenvalue weighted by atomic mass is 10.1. The minimum absolute atomic E-state index is 0.0158. The average molecular weight is 233 g/mol. The van der Waals surface area contributed by atoms with Crippen molar-refractivity contribution >= 4 is 6.09 Å². The number of halogens is 1. The molecular formula is C11H20FNO3. The molecule has 1 atom stereocenters. The van der Waals surface area contributed by atoms with Crippen molar-refractivity contribution in [1.29, 1.82) is 0 Å². The molecule has 0 aliphatic carbocycles. The van der Waals surface area contributed by atoms with Crippen LogP contribution >= 0.6 is 0 Å². The molecule has 4 nitrogen and oxygen atoms in total. The summed E-state index contributed by atoms with van der Waals surface area (Å²) >= 11 is 0. The molecule has 0 aromatic carbocycles. The minimum atomic E-state index is -1.51. The Morgan fingerprint density at radius 3 is 2.69 bits per heavy atom. The van der Waals surface area contributed by atoms with E-state index in [0.717, 1.165) is 0 Å². The van der Waals surface area contributed by atoms with Gasteiger partial charge in [0.1, 0.15) is 11.3 Å². The topological polar surface area (TPSA) is 38.8 Å². The van der Waals surface area contributed by atoms with Crippen molar-refractivity contribution in [2.45, 2.75) is 39.0 Å². The Kier molecular flexibility index (Phi) is 3.78. The minimum Gasteiger partial charge on any atom is -0.444 e. The summed E-state index contributed by atoms with van der Waals surface area (Å²) in [4.78, 5) is 13.1. The third-order valence-corrected chi connectivity index (χ3v) is 2.08. The SMILES string of the molecule is CC1(F)COCCN(C(=O)OC(C)(C)C)C1. The van der Waals surface area contributed by atoms with E-state index in [2.05, 4.69) is 0 Å². The zero-order valence-electron chi connectivity index (χ0n) is 10.4. The molecule has 1 rings (SSSR count). The predicted molar refractivity (Wildman–Crippen MR) is 58.1 cm³/mol. The van der Waals surface area contributed by atoms with Crippen molar-refractivity contribution in [3.05, 3.63) is 0 Å². The predicted octanol–water partition coefficient (Wildman–Crippen LogP) is 1.98. The van der Waals surface area contributed by atoms with Crippen LogP contribution in [0.3, 0.4) is 0 Å². The van der Waals surface area contributed by atoms with E-state index >= 15 is 0 Å². The maximum Gasteiger partial charge on any atom is 0.410 e. The number of rotatable bonds is 0. The number of nitrogens with zero attached hydrogens (tertiary/aromatic N) is 1. The Morgan fingerprint density at radius 1 is 1.50 bits per heavy atom. The van der Waals surface area contributed by atoms with Crippen LogP contribution in [0.1, 0.15) is 27.7 Å². The van der Waals surface area contributed by atoms with E-state index in [1.54, 1.807) is 20.8 Å². The molecule has 0 saturated carbocycles. The summed E-state index contributed by atoms with van der Waals surface area (Å²) in [7, 11) is 0. The van der Waals surface area contributed by atoms with Gasteiger partial charge in [-0.2, -0.15) is 0 Å². The van der Waals surface area contributed by atoms with Crippen molar-refractivity contribution < 1.29 is 18.7 Å². The van der Waals surface area contributed by atoms with Crippen LogP contribution in [0.5, 0.6) is 0 Å². The summed E-state index contributed by atoms with van der Waals surface area (Å²) in [5.41, 5.74) is -2.07. The summed E-state index contributed by atoms with van der Waals surface area (Å²) in [5.74, 6) is 0. The highest BCUT2D eigenvalue weighted by Crippen LogP contribution is 2.18. The molecule has 1 fully saturated rings. The molecule has 16 heavy (non-hydrogen) atoms. The zero-order chi connectivity index (χ0) is 12.4. The second-order valence-electron chi connectivity index (χ2n) is 5.37. The quantitative estimate of drug-likeness (QED) is 0.642. The molecule has 1 aliphatic rings. The van der Waals surface area contributed by atoms with Gasteiger partial charge in [-0.1, -0.05) is 0 Å². The second-order valence-corrected chi connectivity index (χ2v) is 5.37. The Bertz CT molecular complexity index is 260. The molecule has 0 radical (unpaired) electrons. The van der Waals surface area contributed by atoms with E-state index in [1.165, 1.54) is 11.8 Å². The number of amides is 1. The lowest BCUT2D eigenvalue weighted by Gasteiger charge is -2.28. The summed E-state index contributed by atoms with van der Waals surface area (Å²) in [5, 5.41) is 0. The van der Waals surface area contributed by atoms with E-state index in [0.29, 0.717) is 13.2 Å². The first kappa shape index (κ1) is 13.2. The van der Waals surface area contributed by atoms with Gasteiger partial charge in [-0.05, 0) is 27.7 Å². The van der Waals surface area contributed by atoms with Crippen molar-refractivity contribution in [3.63, 3.8) is 0 Å². The Morgan fingerprint density at radius 2 is 2.12 bits per heavy atom. The van der Waals surface area contributed by atoms with Gasteiger partial charge in [-0.25, -0.2) is 9.18 Å². The third-order valence-electron chi connectivity index (χ3n) is 2.08. The molecule has 5 heteroatoms. The van der Waals surface area contributed by atoms with Gasteiger partial charge in [0.05, 0.1) is 19.8 Å². The molecule has 1 aliphatic heterocycles. The molecule has 1 saturated heterocycles. The van der Waals surface area contributed by atoms with Gasteiger partial charge in [0.15, 0.2) is 0 Å². The lowest BCUT2D eigenvalue weighted by molar-refractivity contribution is 0.0150. The highest BCUT2D eigenvalue weighted by molar-refractivity contribution is 5.68. The summed E-state index contributed by atoms with van der Waals surface area (Å²) in [6.07, 6.45) is -0.484. The van der Waals surface area contributed by atoms with Gasteiger partial charge in [-0.15, -0.1) is 0 Å². The number of carbonyl (C=O) groups is 1. The van der Waals surface area contributed by atoms with E-state index in [1.807, 2.05) is 0 Å². The largest absolute Gasteiger partial charge is 0.444 e. The number of hydrogen-bond donors (Lipinski definition) is 0. The molecule has 94 valence electrons. The molecule has 0 aromatic heterocycles. The molecule has 1 amide bonds. The van der Waals surface area contributed by atoms with Crippen molar-refractivity contribution in [2.75, 3.05) is 26.3 Å². The highest BCUT2D eigenvalue weighted by atomic mass is 19.1. The Labute approximate surface area is 95.7 Å². The smallest absolute Gasteiger partial charge is 0.410 e. The summed E-state index contributed by atoms with van der Waals surface area (Å²) in [6.45, 7) is 7.53. The molecule has 0 bridgehead atoms. The molecule has 0 N–H and O–H groups in total. The van der Waals surface area contributed by atoms with Crippen molar-refractivity contribution in [2.24, 2.45) is 0 Å². The standard InChI is InChI=1S/C11H20FNO3/c1-10(2,3)16-9(14)13-5-6-15-8-11(4,12)7-13/h5-8H2,1-4H3. The van der Waals surface area contributed by atoms with Gasteiger partial charge < -0.3 is 14.4 Å². The van der Waals surface area contributed by atoms with Crippen molar-refractivity contribution in [3.8, 4) is 0 Å². The fourth-order valence-electron chi connectivity index (χ4n) is 1.46. The van der Waals surface area contributed by atoms with Crippen LogP contribution < -0.4 is 0 Å². The first-order valence-electron chi connectivity index (χ1n) is 5.44. The molecule has 1 unspecified atom stereocenters. The molecular weight excluding hydrogens is 213 g/mol. The Balaban J connectivity index is 2.61. The van der Waals surface area contributed by atoms with Crippen LogP contribution in [-0.2, 0) is 9.47 Å². The number of ether oxygens (including phenoxy) is 2. The monoisotopic (exact) mass is 233 g/mol. The van der Waals surface area contributed by atoms with Gasteiger partial charge in [0.25, 0.3) is 0 Å². The van der Waals surface area contributed by atoms with Gasteiger partial charge >= 0.3 is 6.09 Å². The maximum absolute atomic E-state index is 13.8. The third kappa shape index (κ3) is 4.35. The fourth-order valence-corrected chi connectivity index (χ4v) is 1.46. The van der Waals surface area contributed by atoms with E-state index in [9.17, 15) is 9.18 Å². The van der Waals surface area contributed by atoms with E-state index in [-0.39, 0.29) is 13.2 Å². The van der Waals surface area contributed by atoms with Crippen molar-refractivity contribution in [1.82, 2.24) is 4.90 Å². The first-order chi connectivity index (χ1) is 7.20. The average Bonchev–Trinajstić information content (AvgIpc) is 2.23. The van der Waals surface area contributed by atoms with Gasteiger partial charge in [0.2, 0.25) is 0 Å². The second kappa shape index (κ2) is 4.57. The van der Waals surface area contributed by atoms with Crippen LogP contribution in [0, 0.1) is 0 Å². The van der Waals surface area contributed by atoms with Crippen LogP contribution in [-0.4, -0.2) is 48.6 Å². The van der Waals surface area contributed by atoms with Gasteiger partial charge in [0, 0.05) is 6.54 Å². The molecule has 1 heterocycles. The van der Waals surface area contributed by atoms with Crippen LogP contribution in [0.15, 0.2) is 0 Å². The maximum atomic E-state index is 13.8. The number of hydrogen-bond acceptors (Lipinski definition) is 3. The van der Waals surface area contributed by atoms with Gasteiger partial charge in [-0.3, -0.25) is 0 Å². The first-order valence-corrected chi connectivity index (χ1v) is 5.44. The number of alkyl halides is 1. The molecule has 0 spiro atoms. The summed E-state index contributed by atoms with van der Waals surface area (Å²) < 4.78 is 24.1. The van der Waals surface area contributed by atoms with Crippen LogP contribution in [0.4, 0.5) is 9.18 Å². The molecule has 0 aromatic rings. The van der Waals surface area contributed by atoms with E-state index < -0.39 is 17.4 Å². The van der Waals surface area contributed by atoms with E-state index in [4.69, 9.17) is 9.47 Å². The normalized spacial score (nSPS) is 27.4. The lowest BCUT2D eigenvalue weighted by Crippen LogP contribution is -2.44. The highest BCUT2D eigenvalue weighted by Gasteiger charge is 2.33. The number of carbonyl (C=O) groups excluding carboxylic acids is 1. The fraction of sp³-hybridized carbons (Fsp3) is 0.909. The Hall–Kier alpha value is -0.840. The van der Waals surface area contributed by atoms with Crippen LogP contribution in [0.2, 0.25) is 0 Å². The van der Waals surface area contributed by atoms with Crippen LogP contribution in [0.25, 0.3) is 0 Å².